The number of aromatic amines is 1. The summed E-state index contributed by atoms with van der Waals surface area (Å²) in [5, 5.41) is 32.3. The number of fused-ring (bicyclic) bond motifs is 2. The van der Waals surface area contributed by atoms with E-state index in [4.69, 9.17) is 5.73 Å². The number of amides is 10. The molecular formula is C72H90F6N12O11S2. The number of nitrogens with two attached hydrogens (primary N) is 1. The molecule has 5 aromatic rings. The van der Waals surface area contributed by atoms with Gasteiger partial charge in [-0.15, -0.1) is 0 Å². The highest BCUT2D eigenvalue weighted by Crippen LogP contribution is 2.47. The van der Waals surface area contributed by atoms with Gasteiger partial charge in [-0.05, 0) is 137 Å². The first kappa shape index (κ1) is 79.9. The molecule has 8 rings (SSSR count). The van der Waals surface area contributed by atoms with Crippen LogP contribution in [0.2, 0.25) is 0 Å². The van der Waals surface area contributed by atoms with E-state index in [1.165, 1.54) is 21.9 Å². The van der Waals surface area contributed by atoms with Crippen LogP contribution in [-0.4, -0.2) is 162 Å². The lowest BCUT2D eigenvalue weighted by molar-refractivity contribution is -0.145. The second-order valence-corrected chi connectivity index (χ2v) is 31.2. The molecule has 558 valence electrons. The molecule has 31 heteroatoms. The SMILES string of the molecule is CCCC[C@@H]1NC(=O)[C@H](Cc2ccccc2)NC(=O)CNC(=O)[C@@H](NC(=O)[C@@H](N)Cc2ccc(O)cc2)C(C)(C)SSC(C)(C)[C@H](C(=O)N2CCC[C@H]2C(=O)N[C@@H](CC(C)C)C(=O)N[C@@H](Cc2c[nH]c3ccccc23)C(=O)NCc2cc(C(F)(F)F)cc(C(F)(F)F)c2)NC(=O)[C@@H]2CCCN2C1=O. The molecule has 4 heterocycles. The normalized spacial score (nSPS) is 21.8. The largest absolute Gasteiger partial charge is 0.508 e. The summed E-state index contributed by atoms with van der Waals surface area (Å²) in [6.07, 6.45) is -7.17. The van der Waals surface area contributed by atoms with Crippen LogP contribution in [0.25, 0.3) is 10.9 Å². The Bertz CT molecular complexity index is 3850. The molecule has 3 saturated heterocycles. The maximum atomic E-state index is 15.8. The van der Waals surface area contributed by atoms with Gasteiger partial charge in [0.15, 0.2) is 0 Å². The molecule has 10 amide bonds. The van der Waals surface area contributed by atoms with Gasteiger partial charge in [-0.25, -0.2) is 0 Å². The highest BCUT2D eigenvalue weighted by molar-refractivity contribution is 8.77. The molecule has 0 bridgehead atoms. The van der Waals surface area contributed by atoms with Crippen molar-refractivity contribution in [1.82, 2.24) is 57.3 Å². The molecule has 0 radical (unpaired) electrons. The van der Waals surface area contributed by atoms with Crippen molar-refractivity contribution >= 4 is 91.6 Å². The third kappa shape index (κ3) is 21.4. The number of carbonyl (C=O) groups is 10. The highest BCUT2D eigenvalue weighted by atomic mass is 33.1. The van der Waals surface area contributed by atoms with E-state index in [1.807, 2.05) is 6.92 Å². The molecule has 0 aliphatic carbocycles. The number of rotatable bonds is 21. The third-order valence-electron chi connectivity index (χ3n) is 18.4. The predicted octanol–water partition coefficient (Wildman–Crippen LogP) is 6.78. The topological polar surface area (TPSA) is 335 Å². The van der Waals surface area contributed by atoms with Gasteiger partial charge in [0.2, 0.25) is 59.1 Å². The summed E-state index contributed by atoms with van der Waals surface area (Å²) in [5.74, 6) is -8.32. The van der Waals surface area contributed by atoms with Crippen LogP contribution in [0.4, 0.5) is 26.3 Å². The number of benzene rings is 4. The number of carbonyl (C=O) groups excluding carboxylic acids is 10. The maximum Gasteiger partial charge on any atom is 0.416 e. The average molecular weight is 1480 g/mol. The Morgan fingerprint density at radius 1 is 0.699 bits per heavy atom. The van der Waals surface area contributed by atoms with Gasteiger partial charge < -0.3 is 68.2 Å². The molecule has 103 heavy (non-hydrogen) atoms. The summed E-state index contributed by atoms with van der Waals surface area (Å²) in [6.45, 7) is 10.4. The second-order valence-electron chi connectivity index (χ2n) is 27.8. The zero-order valence-corrected chi connectivity index (χ0v) is 59.9. The predicted molar refractivity (Wildman–Crippen MR) is 377 cm³/mol. The second kappa shape index (κ2) is 34.6. The molecule has 0 spiro atoms. The fourth-order valence-corrected chi connectivity index (χ4v) is 15.6. The maximum absolute atomic E-state index is 15.8. The van der Waals surface area contributed by atoms with E-state index in [9.17, 15) is 65.0 Å². The van der Waals surface area contributed by atoms with Gasteiger partial charge in [0.25, 0.3) is 0 Å². The minimum atomic E-state index is -5.18. The number of para-hydroxylation sites is 1. The van der Waals surface area contributed by atoms with E-state index in [-0.39, 0.29) is 82.2 Å². The zero-order chi connectivity index (χ0) is 75.3. The summed E-state index contributed by atoms with van der Waals surface area (Å²) in [4.78, 5) is 153. The Morgan fingerprint density at radius 3 is 2.01 bits per heavy atom. The van der Waals surface area contributed by atoms with E-state index >= 15 is 14.4 Å². The first-order chi connectivity index (χ1) is 48.5. The average Bonchev–Trinajstić information content (AvgIpc) is 1.78. The lowest BCUT2D eigenvalue weighted by atomic mass is 9.99. The van der Waals surface area contributed by atoms with E-state index < -0.39 is 165 Å². The number of halogens is 6. The van der Waals surface area contributed by atoms with Gasteiger partial charge in [0.05, 0.1) is 23.7 Å². The molecule has 23 nitrogen and oxygen atoms in total. The summed E-state index contributed by atoms with van der Waals surface area (Å²) < 4.78 is 80.6. The number of phenols is 1. The van der Waals surface area contributed by atoms with Crippen LogP contribution in [-0.2, 0) is 86.1 Å². The van der Waals surface area contributed by atoms with E-state index in [1.54, 1.807) is 114 Å². The quantitative estimate of drug-likeness (QED) is 0.0267. The highest BCUT2D eigenvalue weighted by Gasteiger charge is 2.50. The van der Waals surface area contributed by atoms with E-state index in [0.717, 1.165) is 21.6 Å². The van der Waals surface area contributed by atoms with Crippen molar-refractivity contribution in [2.24, 2.45) is 11.7 Å². The number of nitrogens with zero attached hydrogens (tertiary/aromatic N) is 2. The van der Waals surface area contributed by atoms with Crippen molar-refractivity contribution < 1.29 is 79.4 Å². The molecule has 12 N–H and O–H groups in total. The van der Waals surface area contributed by atoms with Gasteiger partial charge in [0, 0.05) is 59.1 Å². The molecule has 4 aromatic carbocycles. The van der Waals surface area contributed by atoms with Crippen LogP contribution < -0.4 is 48.3 Å². The fraction of sp³-hybridized carbons (Fsp3) is 0.500. The summed E-state index contributed by atoms with van der Waals surface area (Å²) in [7, 11) is 2.08. The first-order valence-corrected chi connectivity index (χ1v) is 36.4. The van der Waals surface area contributed by atoms with Crippen molar-refractivity contribution in [3.63, 3.8) is 0 Å². The van der Waals surface area contributed by atoms with Gasteiger partial charge in [-0.1, -0.05) is 116 Å². The minimum Gasteiger partial charge on any atom is -0.508 e. The number of aromatic hydroxyl groups is 1. The van der Waals surface area contributed by atoms with Gasteiger partial charge in [-0.2, -0.15) is 26.3 Å². The fourth-order valence-electron chi connectivity index (χ4n) is 12.8. The van der Waals surface area contributed by atoms with Crippen molar-refractivity contribution in [3.05, 3.63) is 137 Å². The first-order valence-electron chi connectivity index (χ1n) is 34.3. The molecule has 3 aliphatic heterocycles. The Labute approximate surface area is 601 Å². The number of H-pyrrole nitrogens is 1. The van der Waals surface area contributed by atoms with Crippen molar-refractivity contribution in [2.75, 3.05) is 19.6 Å². The van der Waals surface area contributed by atoms with E-state index in [0.29, 0.717) is 59.0 Å². The van der Waals surface area contributed by atoms with E-state index in [2.05, 4.69) is 47.5 Å². The number of hydrogen-bond donors (Lipinski definition) is 11. The Morgan fingerprint density at radius 2 is 1.35 bits per heavy atom. The summed E-state index contributed by atoms with van der Waals surface area (Å²) in [6, 6.07) is 10.3. The van der Waals surface area contributed by atoms with Crippen molar-refractivity contribution in [1.29, 1.82) is 0 Å². The van der Waals surface area contributed by atoms with Crippen LogP contribution in [0, 0.1) is 5.92 Å². The molecule has 3 fully saturated rings. The number of unbranched alkanes of at least 4 members (excludes halogenated alkanes) is 1. The van der Waals surface area contributed by atoms with Crippen LogP contribution >= 0.6 is 21.6 Å². The van der Waals surface area contributed by atoms with Gasteiger partial charge in [-0.3, -0.25) is 47.9 Å². The van der Waals surface area contributed by atoms with Gasteiger partial charge >= 0.3 is 12.4 Å². The van der Waals surface area contributed by atoms with Crippen LogP contribution in [0.3, 0.4) is 0 Å². The number of aromatic nitrogens is 1. The van der Waals surface area contributed by atoms with Crippen LogP contribution in [0.1, 0.15) is 133 Å². The molecular weight excluding hydrogens is 1390 g/mol. The number of alkyl halides is 6. The lowest BCUT2D eigenvalue weighted by Gasteiger charge is -2.40. The Balaban J connectivity index is 1.10. The number of likely N-dealkylation sites (tertiary alicyclic amines) is 1. The number of phenolic OH excluding ortho intramolecular Hbond substituents is 1. The molecule has 9 atom stereocenters. The zero-order valence-electron chi connectivity index (χ0n) is 58.3. The summed E-state index contributed by atoms with van der Waals surface area (Å²) in [5.41, 5.74) is 5.09. The third-order valence-corrected chi connectivity index (χ3v) is 22.6. The standard InChI is InChI=1S/C72H90F6N12O11S2/c1-8-9-20-51-67(100)89-28-15-23-56(89)65(98)88-59(70(6,7)103-102-69(4,5)58(87-60(93)49(79)33-42-24-26-47(91)27-25-42)66(99)82-39-57(92)83-53(63(96)84-51)34-41-17-11-10-12-18-41)68(101)90-29-16-22-55(90)64(97)86-52(30-40(2)3)62(95)85-54(35-44-38-80-50-21-14-13-19-48(44)50)61(94)81-37-43-31-45(71(73,74)75)36-46(32-43)72(76,77)78/h10-14,17-19,21,24-27,31-32,36,38,40,49,51-56,58-59,80,91H,8-9,15-16,20,22-23,28-30,33-35,37,39,79H2,1-7H3,(H,81,94)(H,82,99)(H,83,92)(H,84,96)(H,85,95)(H,86,97)(H,87,93)(H,88,98)/t49-,51-,52-,53-,54-,55-,56-,58+,59-/m0/s1. The molecule has 0 unspecified atom stereocenters. The Kier molecular flexibility index (Phi) is 26.8. The molecule has 3 aliphatic rings. The Hall–Kier alpha value is -8.84. The van der Waals surface area contributed by atoms with Crippen LogP contribution in [0.5, 0.6) is 5.75 Å². The van der Waals surface area contributed by atoms with Crippen LogP contribution in [0.15, 0.2) is 103 Å². The summed E-state index contributed by atoms with van der Waals surface area (Å²) >= 11 is 0. The smallest absolute Gasteiger partial charge is 0.416 e. The van der Waals surface area contributed by atoms with Crippen molar-refractivity contribution in [3.8, 4) is 5.75 Å². The number of nitrogens with one attached hydrogen (secondary N) is 9. The lowest BCUT2D eigenvalue weighted by Crippen LogP contribution is -2.63. The molecule has 1 aromatic heterocycles. The molecule has 0 saturated carbocycles. The van der Waals surface area contributed by atoms with Crippen molar-refractivity contribution in [2.45, 2.75) is 202 Å². The monoisotopic (exact) mass is 1480 g/mol. The van der Waals surface area contributed by atoms with Gasteiger partial charge in [0.1, 0.15) is 54.1 Å². The number of hydrogen-bond acceptors (Lipinski definition) is 14. The minimum absolute atomic E-state index is 0.0224.